The fourth-order valence-electron chi connectivity index (χ4n) is 2.99. The van der Waals surface area contributed by atoms with Crippen LogP contribution in [-0.2, 0) is 11.6 Å². The van der Waals surface area contributed by atoms with Gasteiger partial charge >= 0.3 is 6.18 Å². The topological polar surface area (TPSA) is 24.1 Å². The Balaban J connectivity index is 1.95. The summed E-state index contributed by atoms with van der Waals surface area (Å²) in [6.45, 7) is 6.32. The lowest BCUT2D eigenvalue weighted by Gasteiger charge is -2.29. The fraction of sp³-hybridized carbons (Fsp3) is 0.350. The van der Waals surface area contributed by atoms with Gasteiger partial charge in [0.15, 0.2) is 5.11 Å². The lowest BCUT2D eigenvalue weighted by Crippen LogP contribution is -2.39. The molecule has 0 saturated carbocycles. The van der Waals surface area contributed by atoms with Crippen LogP contribution < -0.4 is 10.6 Å². The molecule has 0 fully saturated rings. The van der Waals surface area contributed by atoms with Crippen LogP contribution in [-0.4, -0.2) is 11.2 Å². The molecule has 0 spiro atoms. The van der Waals surface area contributed by atoms with Crippen molar-refractivity contribution < 1.29 is 13.2 Å². The molecule has 0 saturated heterocycles. The second-order valence-corrected chi connectivity index (χ2v) is 7.44. The smallest absolute Gasteiger partial charge is 0.360 e. The molecule has 0 unspecified atom stereocenters. The van der Waals surface area contributed by atoms with Gasteiger partial charge in [-0.05, 0) is 54.7 Å². The first-order valence-corrected chi connectivity index (χ1v) is 8.79. The van der Waals surface area contributed by atoms with Crippen LogP contribution in [0.2, 0.25) is 0 Å². The SMILES string of the molecule is C[C@H](CC(C)(C)c1ccccc1)NC(=S)Nc1cccc(C(F)(F)F)c1. The van der Waals surface area contributed by atoms with E-state index in [1.165, 1.54) is 11.6 Å². The highest BCUT2D eigenvalue weighted by Crippen LogP contribution is 2.31. The molecule has 2 N–H and O–H groups in total. The van der Waals surface area contributed by atoms with Crippen molar-refractivity contribution in [1.29, 1.82) is 0 Å². The van der Waals surface area contributed by atoms with Crippen LogP contribution in [0.1, 0.15) is 38.3 Å². The lowest BCUT2D eigenvalue weighted by molar-refractivity contribution is -0.137. The summed E-state index contributed by atoms with van der Waals surface area (Å²) in [5.41, 5.74) is 0.778. The van der Waals surface area contributed by atoms with E-state index in [1.807, 2.05) is 25.1 Å². The molecule has 0 aliphatic rings. The summed E-state index contributed by atoms with van der Waals surface area (Å²) in [4.78, 5) is 0. The third kappa shape index (κ3) is 5.73. The van der Waals surface area contributed by atoms with E-state index in [2.05, 4.69) is 36.6 Å². The van der Waals surface area contributed by atoms with Crippen LogP contribution in [0.3, 0.4) is 0 Å². The van der Waals surface area contributed by atoms with E-state index in [9.17, 15) is 13.2 Å². The number of thiocarbonyl (C=S) groups is 1. The molecule has 0 aromatic heterocycles. The van der Waals surface area contributed by atoms with Gasteiger partial charge in [0.05, 0.1) is 5.56 Å². The summed E-state index contributed by atoms with van der Waals surface area (Å²) in [5.74, 6) is 0. The van der Waals surface area contributed by atoms with Gasteiger partial charge in [0.25, 0.3) is 0 Å². The molecule has 0 aliphatic carbocycles. The molecule has 0 aliphatic heterocycles. The van der Waals surface area contributed by atoms with Crippen molar-refractivity contribution in [1.82, 2.24) is 5.32 Å². The van der Waals surface area contributed by atoms with E-state index >= 15 is 0 Å². The van der Waals surface area contributed by atoms with Crippen LogP contribution in [0.4, 0.5) is 18.9 Å². The van der Waals surface area contributed by atoms with Crippen LogP contribution in [0.25, 0.3) is 0 Å². The van der Waals surface area contributed by atoms with Gasteiger partial charge in [-0.2, -0.15) is 13.2 Å². The summed E-state index contributed by atoms with van der Waals surface area (Å²) in [7, 11) is 0. The maximum absolute atomic E-state index is 12.8. The summed E-state index contributed by atoms with van der Waals surface area (Å²) >= 11 is 5.25. The minimum Gasteiger partial charge on any atom is -0.360 e. The predicted molar refractivity (Wildman–Crippen MR) is 104 cm³/mol. The number of rotatable bonds is 5. The van der Waals surface area contributed by atoms with E-state index in [1.54, 1.807) is 6.07 Å². The summed E-state index contributed by atoms with van der Waals surface area (Å²) < 4.78 is 38.4. The molecule has 2 aromatic carbocycles. The molecular weight excluding hydrogens is 357 g/mol. The van der Waals surface area contributed by atoms with Crippen LogP contribution in [0.15, 0.2) is 54.6 Å². The maximum atomic E-state index is 12.8. The van der Waals surface area contributed by atoms with Crippen molar-refractivity contribution in [2.45, 2.75) is 44.8 Å². The lowest BCUT2D eigenvalue weighted by atomic mass is 9.79. The van der Waals surface area contributed by atoms with Gasteiger partial charge in [-0.1, -0.05) is 50.2 Å². The van der Waals surface area contributed by atoms with Gasteiger partial charge in [0, 0.05) is 11.7 Å². The highest BCUT2D eigenvalue weighted by atomic mass is 32.1. The van der Waals surface area contributed by atoms with Gasteiger partial charge in [0.1, 0.15) is 0 Å². The minimum atomic E-state index is -4.38. The second kappa shape index (κ2) is 8.08. The van der Waals surface area contributed by atoms with Crippen molar-refractivity contribution in [3.63, 3.8) is 0 Å². The third-order valence-corrected chi connectivity index (χ3v) is 4.42. The predicted octanol–water partition coefficient (Wildman–Crippen LogP) is 5.75. The van der Waals surface area contributed by atoms with Crippen molar-refractivity contribution in [3.05, 3.63) is 65.7 Å². The Morgan fingerprint density at radius 3 is 2.23 bits per heavy atom. The highest BCUT2D eigenvalue weighted by molar-refractivity contribution is 7.80. The van der Waals surface area contributed by atoms with E-state index < -0.39 is 11.7 Å². The molecule has 6 heteroatoms. The van der Waals surface area contributed by atoms with Crippen molar-refractivity contribution in [3.8, 4) is 0 Å². The fourth-order valence-corrected chi connectivity index (χ4v) is 3.31. The first-order chi connectivity index (χ1) is 12.1. The number of hydrogen-bond acceptors (Lipinski definition) is 1. The molecule has 0 heterocycles. The minimum absolute atomic E-state index is 0.0519. The Kier molecular flexibility index (Phi) is 6.29. The normalized spacial score (nSPS) is 13.2. The van der Waals surface area contributed by atoms with E-state index in [4.69, 9.17) is 12.2 Å². The zero-order valence-electron chi connectivity index (χ0n) is 15.0. The maximum Gasteiger partial charge on any atom is 0.416 e. The number of nitrogens with one attached hydrogen (secondary N) is 2. The Hall–Kier alpha value is -2.08. The zero-order chi connectivity index (χ0) is 19.4. The molecule has 0 radical (unpaired) electrons. The van der Waals surface area contributed by atoms with E-state index in [0.717, 1.165) is 18.6 Å². The molecule has 26 heavy (non-hydrogen) atoms. The number of hydrogen-bond donors (Lipinski definition) is 2. The van der Waals surface area contributed by atoms with Gasteiger partial charge in [0.2, 0.25) is 0 Å². The third-order valence-electron chi connectivity index (χ3n) is 4.20. The van der Waals surface area contributed by atoms with Crippen molar-refractivity contribution in [2.24, 2.45) is 0 Å². The average molecular weight is 380 g/mol. The molecule has 0 bridgehead atoms. The molecule has 1 atom stereocenters. The monoisotopic (exact) mass is 380 g/mol. The first-order valence-electron chi connectivity index (χ1n) is 8.38. The molecule has 140 valence electrons. The largest absolute Gasteiger partial charge is 0.416 e. The van der Waals surface area contributed by atoms with Gasteiger partial charge in [-0.25, -0.2) is 0 Å². The second-order valence-electron chi connectivity index (χ2n) is 7.03. The number of benzene rings is 2. The Labute approximate surface area is 157 Å². The van der Waals surface area contributed by atoms with E-state index in [-0.39, 0.29) is 11.5 Å². The highest BCUT2D eigenvalue weighted by Gasteiger charge is 2.30. The van der Waals surface area contributed by atoms with Crippen LogP contribution in [0.5, 0.6) is 0 Å². The summed E-state index contributed by atoms with van der Waals surface area (Å²) in [6.07, 6.45) is -3.55. The van der Waals surface area contributed by atoms with Gasteiger partial charge < -0.3 is 10.6 Å². The van der Waals surface area contributed by atoms with Crippen LogP contribution in [0, 0.1) is 0 Å². The average Bonchev–Trinajstić information content (AvgIpc) is 2.54. The standard InChI is InChI=1S/C20H23F3N2S/c1-14(13-19(2,3)15-8-5-4-6-9-15)24-18(26)25-17-11-7-10-16(12-17)20(21,22)23/h4-12,14H,13H2,1-3H3,(H2,24,25,26)/t14-/m1/s1. The number of anilines is 1. The summed E-state index contributed by atoms with van der Waals surface area (Å²) in [5, 5.41) is 6.29. The Morgan fingerprint density at radius 2 is 1.62 bits per heavy atom. The van der Waals surface area contributed by atoms with Gasteiger partial charge in [-0.15, -0.1) is 0 Å². The van der Waals surface area contributed by atoms with Crippen molar-refractivity contribution >= 4 is 23.0 Å². The molecular formula is C20H23F3N2S. The van der Waals surface area contributed by atoms with Crippen LogP contribution >= 0.6 is 12.2 Å². The quantitative estimate of drug-likeness (QED) is 0.646. The molecule has 2 nitrogen and oxygen atoms in total. The zero-order valence-corrected chi connectivity index (χ0v) is 15.8. The first kappa shape index (κ1) is 20.2. The number of halogens is 3. The Bertz CT molecular complexity index is 742. The summed E-state index contributed by atoms with van der Waals surface area (Å²) in [6, 6.07) is 15.2. The molecule has 0 amide bonds. The van der Waals surface area contributed by atoms with Gasteiger partial charge in [-0.3, -0.25) is 0 Å². The van der Waals surface area contributed by atoms with E-state index in [0.29, 0.717) is 10.8 Å². The molecule has 2 aromatic rings. The Morgan fingerprint density at radius 1 is 1.00 bits per heavy atom. The van der Waals surface area contributed by atoms with Crippen molar-refractivity contribution in [2.75, 3.05) is 5.32 Å². The molecule has 2 rings (SSSR count). The number of alkyl halides is 3.